The van der Waals surface area contributed by atoms with Gasteiger partial charge in [-0.1, -0.05) is 30.3 Å². The summed E-state index contributed by atoms with van der Waals surface area (Å²) in [4.78, 5) is 4.52. The first-order valence-electron chi connectivity index (χ1n) is 7.73. The van der Waals surface area contributed by atoms with Crippen LogP contribution in [-0.4, -0.2) is 18.7 Å². The van der Waals surface area contributed by atoms with Crippen molar-refractivity contribution in [1.29, 1.82) is 0 Å². The summed E-state index contributed by atoms with van der Waals surface area (Å²) in [5.41, 5.74) is 1.91. The zero-order chi connectivity index (χ0) is 17.0. The van der Waals surface area contributed by atoms with E-state index in [9.17, 15) is 13.2 Å². The molecule has 0 saturated carbocycles. The highest BCUT2D eigenvalue weighted by molar-refractivity contribution is 5.99. The Morgan fingerprint density at radius 1 is 1.00 bits per heavy atom. The van der Waals surface area contributed by atoms with Crippen molar-refractivity contribution < 1.29 is 17.9 Å². The molecule has 0 amide bonds. The molecule has 0 fully saturated rings. The van der Waals surface area contributed by atoms with E-state index in [2.05, 4.69) is 27.2 Å². The van der Waals surface area contributed by atoms with Gasteiger partial charge in [-0.05, 0) is 42.7 Å². The monoisotopic (exact) mass is 334 g/mol. The number of amidine groups is 1. The van der Waals surface area contributed by atoms with Crippen LogP contribution < -0.4 is 10.1 Å². The Labute approximate surface area is 138 Å². The molecule has 1 aliphatic rings. The van der Waals surface area contributed by atoms with Gasteiger partial charge in [0, 0.05) is 12.1 Å². The molecule has 0 aromatic heterocycles. The summed E-state index contributed by atoms with van der Waals surface area (Å²) in [6.45, 7) is 0.687. The Balaban J connectivity index is 1.76. The number of alkyl halides is 3. The van der Waals surface area contributed by atoms with Crippen molar-refractivity contribution in [2.24, 2.45) is 4.99 Å². The summed E-state index contributed by atoms with van der Waals surface area (Å²) in [6, 6.07) is 16.0. The number of benzene rings is 2. The van der Waals surface area contributed by atoms with Gasteiger partial charge in [-0.15, -0.1) is 13.2 Å². The largest absolute Gasteiger partial charge is 0.573 e. The van der Waals surface area contributed by atoms with Crippen molar-refractivity contribution in [3.63, 3.8) is 0 Å². The molecule has 2 aromatic carbocycles. The smallest absolute Gasteiger partial charge is 0.406 e. The van der Waals surface area contributed by atoms with E-state index in [4.69, 9.17) is 0 Å². The summed E-state index contributed by atoms with van der Waals surface area (Å²) in [6.07, 6.45) is -2.78. The minimum atomic E-state index is -4.68. The third kappa shape index (κ3) is 4.28. The molecule has 3 nitrogen and oxygen atoms in total. The summed E-state index contributed by atoms with van der Waals surface area (Å²) < 4.78 is 40.6. The van der Waals surface area contributed by atoms with Crippen LogP contribution in [-0.2, 0) is 0 Å². The lowest BCUT2D eigenvalue weighted by Gasteiger charge is -2.19. The molecule has 0 radical (unpaired) electrons. The Kier molecular flexibility index (Phi) is 4.74. The SMILES string of the molecule is FC(F)(F)Oc1ccc(C2=NCCCC(c3ccccc3)N2)cc1. The maximum atomic E-state index is 12.2. The van der Waals surface area contributed by atoms with Gasteiger partial charge in [-0.25, -0.2) is 0 Å². The Morgan fingerprint density at radius 3 is 2.38 bits per heavy atom. The first-order chi connectivity index (χ1) is 11.5. The van der Waals surface area contributed by atoms with Gasteiger partial charge in [0.15, 0.2) is 0 Å². The van der Waals surface area contributed by atoms with Crippen LogP contribution in [0.3, 0.4) is 0 Å². The number of nitrogens with one attached hydrogen (secondary N) is 1. The first-order valence-corrected chi connectivity index (χ1v) is 7.73. The molecule has 0 bridgehead atoms. The molecular formula is C18H17F3N2O. The molecular weight excluding hydrogens is 317 g/mol. The summed E-state index contributed by atoms with van der Waals surface area (Å²) >= 11 is 0. The highest BCUT2D eigenvalue weighted by atomic mass is 19.4. The van der Waals surface area contributed by atoms with Crippen LogP contribution in [0.15, 0.2) is 59.6 Å². The molecule has 1 N–H and O–H groups in total. The van der Waals surface area contributed by atoms with Gasteiger partial charge in [0.25, 0.3) is 0 Å². The molecule has 2 aromatic rings. The van der Waals surface area contributed by atoms with E-state index in [1.165, 1.54) is 17.7 Å². The maximum Gasteiger partial charge on any atom is 0.573 e. The van der Waals surface area contributed by atoms with E-state index in [0.29, 0.717) is 12.4 Å². The van der Waals surface area contributed by atoms with E-state index in [1.807, 2.05) is 18.2 Å². The van der Waals surface area contributed by atoms with Gasteiger partial charge < -0.3 is 10.1 Å². The van der Waals surface area contributed by atoms with E-state index >= 15 is 0 Å². The fraction of sp³-hybridized carbons (Fsp3) is 0.278. The molecule has 1 aliphatic heterocycles. The molecule has 1 atom stereocenters. The van der Waals surface area contributed by atoms with Crippen LogP contribution in [0.25, 0.3) is 0 Å². The molecule has 6 heteroatoms. The van der Waals surface area contributed by atoms with E-state index in [-0.39, 0.29) is 11.8 Å². The molecule has 0 saturated heterocycles. The Bertz CT molecular complexity index is 696. The van der Waals surface area contributed by atoms with E-state index in [0.717, 1.165) is 18.4 Å². The van der Waals surface area contributed by atoms with Crippen LogP contribution in [0, 0.1) is 0 Å². The second-order valence-electron chi connectivity index (χ2n) is 5.55. The van der Waals surface area contributed by atoms with Crippen molar-refractivity contribution in [3.05, 3.63) is 65.7 Å². The minimum Gasteiger partial charge on any atom is -0.406 e. The third-order valence-corrected chi connectivity index (χ3v) is 3.80. The second kappa shape index (κ2) is 6.95. The van der Waals surface area contributed by atoms with Crippen molar-refractivity contribution in [1.82, 2.24) is 5.32 Å². The van der Waals surface area contributed by atoms with Gasteiger partial charge in [0.05, 0.1) is 6.04 Å². The average molecular weight is 334 g/mol. The standard InChI is InChI=1S/C18H17F3N2O/c19-18(20,21)24-15-10-8-14(9-11-15)17-22-12-4-7-16(23-17)13-5-2-1-3-6-13/h1-3,5-6,8-11,16H,4,7,12H2,(H,22,23). The molecule has 0 spiro atoms. The van der Waals surface area contributed by atoms with Crippen molar-refractivity contribution in [2.45, 2.75) is 25.2 Å². The van der Waals surface area contributed by atoms with Crippen LogP contribution in [0.5, 0.6) is 5.75 Å². The van der Waals surface area contributed by atoms with Gasteiger partial charge >= 0.3 is 6.36 Å². The van der Waals surface area contributed by atoms with Crippen LogP contribution in [0.4, 0.5) is 13.2 Å². The van der Waals surface area contributed by atoms with Crippen molar-refractivity contribution in [3.8, 4) is 5.75 Å². The number of nitrogens with zero attached hydrogens (tertiary/aromatic N) is 1. The third-order valence-electron chi connectivity index (χ3n) is 3.80. The lowest BCUT2D eigenvalue weighted by molar-refractivity contribution is -0.274. The summed E-state index contributed by atoms with van der Waals surface area (Å²) in [5, 5.41) is 3.40. The number of hydrogen-bond donors (Lipinski definition) is 1. The number of aliphatic imine (C=N–C) groups is 1. The summed E-state index contributed by atoms with van der Waals surface area (Å²) in [5.74, 6) is 0.458. The normalized spacial score (nSPS) is 18.3. The predicted octanol–water partition coefficient (Wildman–Crippen LogP) is 4.46. The quantitative estimate of drug-likeness (QED) is 0.899. The first kappa shape index (κ1) is 16.4. The number of rotatable bonds is 3. The van der Waals surface area contributed by atoms with Crippen LogP contribution >= 0.6 is 0 Å². The summed E-state index contributed by atoms with van der Waals surface area (Å²) in [7, 11) is 0. The molecule has 24 heavy (non-hydrogen) atoms. The Morgan fingerprint density at radius 2 is 1.71 bits per heavy atom. The molecule has 3 rings (SSSR count). The van der Waals surface area contributed by atoms with E-state index in [1.54, 1.807) is 12.1 Å². The number of halogens is 3. The van der Waals surface area contributed by atoms with Crippen LogP contribution in [0.1, 0.15) is 30.0 Å². The second-order valence-corrected chi connectivity index (χ2v) is 5.55. The zero-order valence-electron chi connectivity index (χ0n) is 12.9. The predicted molar refractivity (Wildman–Crippen MR) is 86.1 cm³/mol. The van der Waals surface area contributed by atoms with Gasteiger partial charge in [0.2, 0.25) is 0 Å². The number of hydrogen-bond acceptors (Lipinski definition) is 3. The topological polar surface area (TPSA) is 33.6 Å². The highest BCUT2D eigenvalue weighted by Gasteiger charge is 2.31. The maximum absolute atomic E-state index is 12.2. The van der Waals surface area contributed by atoms with Gasteiger partial charge in [-0.2, -0.15) is 0 Å². The fourth-order valence-electron chi connectivity index (χ4n) is 2.69. The van der Waals surface area contributed by atoms with Gasteiger partial charge in [-0.3, -0.25) is 4.99 Å². The lowest BCUT2D eigenvalue weighted by atomic mass is 10.0. The number of ether oxygens (including phenoxy) is 1. The molecule has 0 aliphatic carbocycles. The molecule has 1 unspecified atom stereocenters. The lowest BCUT2D eigenvalue weighted by Crippen LogP contribution is -2.28. The van der Waals surface area contributed by atoms with Crippen molar-refractivity contribution >= 4 is 5.84 Å². The molecule has 126 valence electrons. The molecule has 1 heterocycles. The Hall–Kier alpha value is -2.50. The minimum absolute atomic E-state index is 0.138. The van der Waals surface area contributed by atoms with Crippen molar-refractivity contribution in [2.75, 3.05) is 6.54 Å². The van der Waals surface area contributed by atoms with Crippen LogP contribution in [0.2, 0.25) is 0 Å². The van der Waals surface area contributed by atoms with Gasteiger partial charge in [0.1, 0.15) is 11.6 Å². The highest BCUT2D eigenvalue weighted by Crippen LogP contribution is 2.24. The van der Waals surface area contributed by atoms with E-state index < -0.39 is 6.36 Å². The fourth-order valence-corrected chi connectivity index (χ4v) is 2.69. The average Bonchev–Trinajstić information content (AvgIpc) is 2.81. The zero-order valence-corrected chi connectivity index (χ0v) is 12.9.